The zero-order valence-corrected chi connectivity index (χ0v) is 26.2. The second-order valence-corrected chi connectivity index (χ2v) is 11.0. The number of carbonyl (C=O) groups excluding carboxylic acids is 2. The van der Waals surface area contributed by atoms with Crippen LogP contribution in [-0.4, -0.2) is 53.8 Å². The average molecular weight is 621 g/mol. The van der Waals surface area contributed by atoms with Gasteiger partial charge in [0.1, 0.15) is 23.3 Å². The van der Waals surface area contributed by atoms with Crippen LogP contribution in [0.25, 0.3) is 0 Å². The fraction of sp³-hybridized carbons (Fsp3) is 0.250. The highest BCUT2D eigenvalue weighted by atomic mass is 35.5. The fourth-order valence-corrected chi connectivity index (χ4v) is 5.40. The number of amides is 2. The Kier molecular flexibility index (Phi) is 10.9. The molecule has 3 aromatic carbocycles. The van der Waals surface area contributed by atoms with Gasteiger partial charge in [0, 0.05) is 29.0 Å². The van der Waals surface area contributed by atoms with E-state index in [9.17, 15) is 9.59 Å². The number of anilines is 1. The summed E-state index contributed by atoms with van der Waals surface area (Å²) in [5, 5.41) is 4.02. The Bertz CT molecular complexity index is 1550. The minimum Gasteiger partial charge on any atom is -0.497 e. The first-order valence-corrected chi connectivity index (χ1v) is 14.7. The summed E-state index contributed by atoms with van der Waals surface area (Å²) in [6, 6.07) is 20.2. The van der Waals surface area contributed by atoms with Gasteiger partial charge in [0.05, 0.1) is 32.8 Å². The van der Waals surface area contributed by atoms with Gasteiger partial charge in [0.15, 0.2) is 5.16 Å². The Morgan fingerprint density at radius 3 is 2.09 bits per heavy atom. The SMILES string of the molecule is COc1ccc(C(C(=O)Nc2ccc(OC)cc2OC)N(Cc2ccc(Cl)cc2)C(=O)CSc2nc(C)cc(C)n2)cc1. The van der Waals surface area contributed by atoms with E-state index in [0.29, 0.717) is 38.7 Å². The van der Waals surface area contributed by atoms with Crippen LogP contribution in [-0.2, 0) is 16.1 Å². The Morgan fingerprint density at radius 2 is 1.49 bits per heavy atom. The van der Waals surface area contributed by atoms with E-state index in [-0.39, 0.29) is 18.2 Å². The highest BCUT2D eigenvalue weighted by molar-refractivity contribution is 7.99. The first-order valence-electron chi connectivity index (χ1n) is 13.4. The zero-order valence-electron chi connectivity index (χ0n) is 24.6. The molecule has 0 radical (unpaired) electrons. The molecule has 1 N–H and O–H groups in total. The van der Waals surface area contributed by atoms with Gasteiger partial charge in [-0.05, 0) is 67.4 Å². The molecule has 0 spiro atoms. The van der Waals surface area contributed by atoms with E-state index in [0.717, 1.165) is 17.0 Å². The largest absolute Gasteiger partial charge is 0.497 e. The molecule has 11 heteroatoms. The summed E-state index contributed by atoms with van der Waals surface area (Å²) in [7, 11) is 4.62. The molecule has 2 amide bonds. The maximum Gasteiger partial charge on any atom is 0.251 e. The van der Waals surface area contributed by atoms with Gasteiger partial charge in [-0.2, -0.15) is 0 Å². The monoisotopic (exact) mass is 620 g/mol. The number of halogens is 1. The van der Waals surface area contributed by atoms with Crippen molar-refractivity contribution in [2.45, 2.75) is 31.6 Å². The fourth-order valence-electron chi connectivity index (χ4n) is 4.44. The molecule has 224 valence electrons. The summed E-state index contributed by atoms with van der Waals surface area (Å²) in [6.07, 6.45) is 0. The first-order chi connectivity index (χ1) is 20.7. The number of aromatic nitrogens is 2. The normalized spacial score (nSPS) is 11.4. The van der Waals surface area contributed by atoms with Crippen LogP contribution < -0.4 is 19.5 Å². The number of benzene rings is 3. The van der Waals surface area contributed by atoms with E-state index in [1.165, 1.54) is 18.9 Å². The van der Waals surface area contributed by atoms with E-state index in [4.69, 9.17) is 25.8 Å². The van der Waals surface area contributed by atoms with Gasteiger partial charge >= 0.3 is 0 Å². The zero-order chi connectivity index (χ0) is 30.9. The van der Waals surface area contributed by atoms with Gasteiger partial charge in [-0.15, -0.1) is 0 Å². The Morgan fingerprint density at radius 1 is 0.860 bits per heavy atom. The summed E-state index contributed by atoms with van der Waals surface area (Å²) < 4.78 is 16.1. The first kappa shape index (κ1) is 31.7. The number of nitrogens with one attached hydrogen (secondary N) is 1. The van der Waals surface area contributed by atoms with Crippen LogP contribution in [0.3, 0.4) is 0 Å². The van der Waals surface area contributed by atoms with Crippen LogP contribution in [0.15, 0.2) is 78.0 Å². The number of aryl methyl sites for hydroxylation is 2. The molecule has 1 atom stereocenters. The lowest BCUT2D eigenvalue weighted by Crippen LogP contribution is -2.41. The van der Waals surface area contributed by atoms with Crippen molar-refractivity contribution in [1.29, 1.82) is 0 Å². The minimum atomic E-state index is -1.01. The van der Waals surface area contributed by atoms with Crippen molar-refractivity contribution < 1.29 is 23.8 Å². The van der Waals surface area contributed by atoms with E-state index in [1.54, 1.807) is 73.7 Å². The smallest absolute Gasteiger partial charge is 0.251 e. The minimum absolute atomic E-state index is 0.0161. The van der Waals surface area contributed by atoms with Gasteiger partial charge in [-0.25, -0.2) is 9.97 Å². The third-order valence-electron chi connectivity index (χ3n) is 6.53. The summed E-state index contributed by atoms with van der Waals surface area (Å²) in [4.78, 5) is 38.7. The highest BCUT2D eigenvalue weighted by Crippen LogP contribution is 2.33. The van der Waals surface area contributed by atoms with E-state index >= 15 is 0 Å². The number of carbonyl (C=O) groups is 2. The molecule has 0 bridgehead atoms. The summed E-state index contributed by atoms with van der Waals surface area (Å²) in [5.41, 5.74) is 3.46. The molecule has 4 rings (SSSR count). The standard InChI is InChI=1S/C32H33ClN4O5S/c1-20-16-21(2)35-32(34-20)43-19-29(38)37(18-22-6-10-24(33)11-7-22)30(23-8-12-25(40-3)13-9-23)31(39)36-27-15-14-26(41-4)17-28(27)42-5/h6-17,30H,18-19H2,1-5H3,(H,36,39). The van der Waals surface area contributed by atoms with Gasteiger partial charge in [-0.1, -0.05) is 47.6 Å². The third kappa shape index (κ3) is 8.39. The molecule has 1 aromatic heterocycles. The van der Waals surface area contributed by atoms with Crippen molar-refractivity contribution in [3.8, 4) is 17.2 Å². The summed E-state index contributed by atoms with van der Waals surface area (Å²) >= 11 is 7.36. The molecular weight excluding hydrogens is 588 g/mol. The van der Waals surface area contributed by atoms with Crippen molar-refractivity contribution in [2.75, 3.05) is 32.4 Å². The molecule has 0 aliphatic heterocycles. The van der Waals surface area contributed by atoms with Crippen LogP contribution in [0.1, 0.15) is 28.6 Å². The Hall–Kier alpha value is -4.28. The lowest BCUT2D eigenvalue weighted by molar-refractivity contribution is -0.137. The van der Waals surface area contributed by atoms with Crippen molar-refractivity contribution in [3.63, 3.8) is 0 Å². The van der Waals surface area contributed by atoms with Crippen LogP contribution >= 0.6 is 23.4 Å². The Balaban J connectivity index is 1.74. The quantitative estimate of drug-likeness (QED) is 0.146. The van der Waals surface area contributed by atoms with E-state index in [2.05, 4.69) is 15.3 Å². The van der Waals surface area contributed by atoms with Crippen molar-refractivity contribution in [3.05, 3.63) is 100 Å². The van der Waals surface area contributed by atoms with Gasteiger partial charge in [0.2, 0.25) is 5.91 Å². The van der Waals surface area contributed by atoms with Gasteiger partial charge < -0.3 is 24.4 Å². The van der Waals surface area contributed by atoms with Crippen molar-refractivity contribution in [2.24, 2.45) is 0 Å². The second-order valence-electron chi connectivity index (χ2n) is 9.60. The molecule has 1 unspecified atom stereocenters. The molecule has 0 aliphatic carbocycles. The third-order valence-corrected chi connectivity index (χ3v) is 7.62. The molecule has 4 aromatic rings. The van der Waals surface area contributed by atoms with Crippen LogP contribution in [0.5, 0.6) is 17.2 Å². The molecule has 0 fully saturated rings. The van der Waals surface area contributed by atoms with Gasteiger partial charge in [-0.3, -0.25) is 9.59 Å². The predicted molar refractivity (Wildman–Crippen MR) is 168 cm³/mol. The Labute approximate surface area is 260 Å². The van der Waals surface area contributed by atoms with Crippen LogP contribution in [0, 0.1) is 13.8 Å². The number of hydrogen-bond donors (Lipinski definition) is 1. The molecule has 0 aliphatic rings. The predicted octanol–water partition coefficient (Wildman–Crippen LogP) is 6.27. The highest BCUT2D eigenvalue weighted by Gasteiger charge is 2.32. The molecule has 1 heterocycles. The average Bonchev–Trinajstić information content (AvgIpc) is 3.00. The number of hydrogen-bond acceptors (Lipinski definition) is 8. The number of nitrogens with zero attached hydrogens (tertiary/aromatic N) is 3. The second kappa shape index (κ2) is 14.8. The van der Waals surface area contributed by atoms with Gasteiger partial charge in [0.25, 0.3) is 5.91 Å². The number of ether oxygens (including phenoxy) is 3. The summed E-state index contributed by atoms with van der Waals surface area (Å²) in [5.74, 6) is 0.926. The lowest BCUT2D eigenvalue weighted by atomic mass is 10.0. The molecular formula is C32H33ClN4O5S. The lowest BCUT2D eigenvalue weighted by Gasteiger charge is -2.32. The molecule has 0 saturated carbocycles. The molecule has 43 heavy (non-hydrogen) atoms. The van der Waals surface area contributed by atoms with Crippen LogP contribution in [0.2, 0.25) is 5.02 Å². The van der Waals surface area contributed by atoms with E-state index in [1.807, 2.05) is 32.0 Å². The molecule has 0 saturated heterocycles. The summed E-state index contributed by atoms with van der Waals surface area (Å²) in [6.45, 7) is 3.91. The van der Waals surface area contributed by atoms with Crippen molar-refractivity contribution in [1.82, 2.24) is 14.9 Å². The number of thioether (sulfide) groups is 1. The topological polar surface area (TPSA) is 103 Å². The maximum atomic E-state index is 14.2. The molecule has 9 nitrogen and oxygen atoms in total. The van der Waals surface area contributed by atoms with E-state index < -0.39 is 11.9 Å². The number of rotatable bonds is 12. The number of methoxy groups -OCH3 is 3. The maximum absolute atomic E-state index is 14.2. The van der Waals surface area contributed by atoms with Crippen LogP contribution in [0.4, 0.5) is 5.69 Å². The van der Waals surface area contributed by atoms with Crippen molar-refractivity contribution >= 4 is 40.9 Å².